The highest BCUT2D eigenvalue weighted by Crippen LogP contribution is 2.31. The average Bonchev–Trinajstić information content (AvgIpc) is 2.56. The van der Waals surface area contributed by atoms with Crippen LogP contribution in [0.15, 0.2) is 42.5 Å². The van der Waals surface area contributed by atoms with E-state index in [0.717, 1.165) is 12.3 Å². The number of carbonyl (C=O) groups excluding carboxylic acids is 1. The zero-order valence-electron chi connectivity index (χ0n) is 13.2. The summed E-state index contributed by atoms with van der Waals surface area (Å²) in [5.41, 5.74) is -0.0357. The molecule has 0 radical (unpaired) electrons. The Morgan fingerprint density at radius 2 is 1.92 bits per heavy atom. The van der Waals surface area contributed by atoms with E-state index in [1.54, 1.807) is 24.3 Å². The molecule has 1 atom stereocenters. The predicted molar refractivity (Wildman–Crippen MR) is 89.8 cm³/mol. The lowest BCUT2D eigenvalue weighted by Gasteiger charge is -2.25. The van der Waals surface area contributed by atoms with Crippen molar-refractivity contribution in [1.29, 1.82) is 0 Å². The van der Waals surface area contributed by atoms with E-state index in [1.165, 1.54) is 12.1 Å². The minimum absolute atomic E-state index is 0.0263. The molecular formula is C16H15FN2O5S. The lowest BCUT2D eigenvalue weighted by atomic mass is 10.2. The van der Waals surface area contributed by atoms with Crippen LogP contribution in [0.1, 0.15) is 0 Å². The molecule has 25 heavy (non-hydrogen) atoms. The molecule has 0 fully saturated rings. The largest absolute Gasteiger partial charge is 0.485 e. The number of hydrogen-bond donors (Lipinski definition) is 2. The molecule has 7 nitrogen and oxygen atoms in total. The summed E-state index contributed by atoms with van der Waals surface area (Å²) in [6, 6.07) is 10.5. The zero-order valence-corrected chi connectivity index (χ0v) is 14.0. The third-order valence-electron chi connectivity index (χ3n) is 3.33. The maximum absolute atomic E-state index is 13.7. The lowest BCUT2D eigenvalue weighted by molar-refractivity contribution is -0.125. The molecule has 9 heteroatoms. The van der Waals surface area contributed by atoms with Gasteiger partial charge in [-0.3, -0.25) is 9.52 Å². The van der Waals surface area contributed by atoms with Crippen molar-refractivity contribution in [1.82, 2.24) is 0 Å². The number of hydrogen-bond acceptors (Lipinski definition) is 5. The van der Waals surface area contributed by atoms with Crippen LogP contribution in [-0.2, 0) is 14.8 Å². The summed E-state index contributed by atoms with van der Waals surface area (Å²) in [6.45, 7) is 0.0263. The first-order valence-corrected chi connectivity index (χ1v) is 9.18. The van der Waals surface area contributed by atoms with Crippen molar-refractivity contribution in [3.63, 3.8) is 0 Å². The number of rotatable bonds is 4. The normalized spacial score (nSPS) is 16.2. The maximum atomic E-state index is 13.7. The first-order valence-electron chi connectivity index (χ1n) is 7.28. The van der Waals surface area contributed by atoms with Crippen LogP contribution in [0.3, 0.4) is 0 Å². The van der Waals surface area contributed by atoms with Gasteiger partial charge in [0.05, 0.1) is 11.9 Å². The Morgan fingerprint density at radius 3 is 2.64 bits per heavy atom. The summed E-state index contributed by atoms with van der Waals surface area (Å²) in [5, 5.41) is 2.55. The Balaban J connectivity index is 1.72. The molecule has 132 valence electrons. The smallest absolute Gasteiger partial charge is 0.269 e. The number of amides is 1. The number of carbonyl (C=O) groups is 1. The van der Waals surface area contributed by atoms with Gasteiger partial charge in [-0.05, 0) is 30.3 Å². The van der Waals surface area contributed by atoms with Gasteiger partial charge >= 0.3 is 0 Å². The minimum atomic E-state index is -3.65. The van der Waals surface area contributed by atoms with E-state index in [9.17, 15) is 17.6 Å². The van der Waals surface area contributed by atoms with Crippen molar-refractivity contribution >= 4 is 27.3 Å². The van der Waals surface area contributed by atoms with E-state index in [0.29, 0.717) is 11.5 Å². The molecule has 1 aliphatic rings. The maximum Gasteiger partial charge on any atom is 0.269 e. The van der Waals surface area contributed by atoms with Crippen LogP contribution in [0.2, 0.25) is 0 Å². The molecule has 0 spiro atoms. The van der Waals surface area contributed by atoms with E-state index in [-0.39, 0.29) is 18.0 Å². The molecule has 0 saturated heterocycles. The average molecular weight is 366 g/mol. The third kappa shape index (κ3) is 4.18. The number of halogens is 1. The highest BCUT2D eigenvalue weighted by Gasteiger charge is 2.27. The Bertz CT molecular complexity index is 916. The van der Waals surface area contributed by atoms with E-state index in [4.69, 9.17) is 9.47 Å². The Hall–Kier alpha value is -2.81. The van der Waals surface area contributed by atoms with E-state index < -0.39 is 27.9 Å². The summed E-state index contributed by atoms with van der Waals surface area (Å²) < 4.78 is 49.3. The molecule has 2 aromatic carbocycles. The van der Waals surface area contributed by atoms with E-state index >= 15 is 0 Å². The molecule has 0 unspecified atom stereocenters. The van der Waals surface area contributed by atoms with Gasteiger partial charge in [0.2, 0.25) is 16.1 Å². The fourth-order valence-electron chi connectivity index (χ4n) is 2.25. The summed E-state index contributed by atoms with van der Waals surface area (Å²) >= 11 is 0. The summed E-state index contributed by atoms with van der Waals surface area (Å²) in [6.07, 6.45) is 0.0220. The van der Waals surface area contributed by atoms with Crippen LogP contribution >= 0.6 is 0 Å². The number of benzene rings is 2. The summed E-state index contributed by atoms with van der Waals surface area (Å²) in [4.78, 5) is 12.3. The van der Waals surface area contributed by atoms with E-state index in [1.807, 2.05) is 4.72 Å². The van der Waals surface area contributed by atoms with Crippen molar-refractivity contribution in [2.75, 3.05) is 22.9 Å². The topological polar surface area (TPSA) is 93.7 Å². The van der Waals surface area contributed by atoms with Crippen molar-refractivity contribution in [3.05, 3.63) is 48.3 Å². The molecular weight excluding hydrogens is 351 g/mol. The number of nitrogens with one attached hydrogen (secondary N) is 2. The second-order valence-corrected chi connectivity index (χ2v) is 7.17. The van der Waals surface area contributed by atoms with Crippen molar-refractivity contribution in [3.8, 4) is 11.5 Å². The zero-order chi connectivity index (χ0) is 18.0. The van der Waals surface area contributed by atoms with Crippen LogP contribution in [0.25, 0.3) is 0 Å². The molecule has 1 aliphatic heterocycles. The first kappa shape index (κ1) is 17.0. The molecule has 0 aromatic heterocycles. The monoisotopic (exact) mass is 366 g/mol. The van der Waals surface area contributed by atoms with Gasteiger partial charge in [0.25, 0.3) is 5.91 Å². The Labute approximate surface area is 143 Å². The van der Waals surface area contributed by atoms with Gasteiger partial charge in [-0.2, -0.15) is 0 Å². The summed E-state index contributed by atoms with van der Waals surface area (Å²) in [5.74, 6) is -0.249. The molecule has 1 amide bonds. The van der Waals surface area contributed by atoms with Gasteiger partial charge in [0.1, 0.15) is 12.4 Å². The fraction of sp³-hybridized carbons (Fsp3) is 0.188. The lowest BCUT2D eigenvalue weighted by Crippen LogP contribution is -2.40. The number of para-hydroxylation sites is 2. The van der Waals surface area contributed by atoms with Gasteiger partial charge in [-0.15, -0.1) is 0 Å². The SMILES string of the molecule is CS(=O)(=O)Nc1cc(NC(=O)[C@@H]2COc3ccccc3O2)ccc1F. The molecule has 0 aliphatic carbocycles. The highest BCUT2D eigenvalue weighted by atomic mass is 32.2. The molecule has 2 N–H and O–H groups in total. The Morgan fingerprint density at radius 1 is 1.20 bits per heavy atom. The van der Waals surface area contributed by atoms with Crippen LogP contribution in [0.4, 0.5) is 15.8 Å². The molecule has 2 aromatic rings. The number of sulfonamides is 1. The van der Waals surface area contributed by atoms with Gasteiger partial charge in [-0.1, -0.05) is 12.1 Å². The van der Waals surface area contributed by atoms with E-state index in [2.05, 4.69) is 5.32 Å². The second kappa shape index (κ2) is 6.60. The van der Waals surface area contributed by atoms with Gasteiger partial charge in [-0.25, -0.2) is 12.8 Å². The number of anilines is 2. The fourth-order valence-corrected chi connectivity index (χ4v) is 2.81. The first-order chi connectivity index (χ1) is 11.8. The summed E-state index contributed by atoms with van der Waals surface area (Å²) in [7, 11) is -3.65. The molecule has 1 heterocycles. The van der Waals surface area contributed by atoms with Gasteiger partial charge < -0.3 is 14.8 Å². The van der Waals surface area contributed by atoms with Crippen molar-refractivity contribution in [2.24, 2.45) is 0 Å². The molecule has 0 bridgehead atoms. The third-order valence-corrected chi connectivity index (χ3v) is 3.92. The molecule has 0 saturated carbocycles. The predicted octanol–water partition coefficient (Wildman–Crippen LogP) is 1.98. The van der Waals surface area contributed by atoms with Crippen LogP contribution in [0, 0.1) is 5.82 Å². The van der Waals surface area contributed by atoms with Gasteiger partial charge in [0, 0.05) is 5.69 Å². The van der Waals surface area contributed by atoms with Crippen molar-refractivity contribution < 1.29 is 27.1 Å². The van der Waals surface area contributed by atoms with Crippen LogP contribution in [0.5, 0.6) is 11.5 Å². The highest BCUT2D eigenvalue weighted by molar-refractivity contribution is 7.92. The van der Waals surface area contributed by atoms with Gasteiger partial charge in [0.15, 0.2) is 11.5 Å². The number of fused-ring (bicyclic) bond motifs is 1. The van der Waals surface area contributed by atoms with Crippen molar-refractivity contribution in [2.45, 2.75) is 6.10 Å². The standard InChI is InChI=1S/C16H15FN2O5S/c1-25(21,22)19-12-8-10(6-7-11(12)17)18-16(20)15-9-23-13-4-2-3-5-14(13)24-15/h2-8,15,19H,9H2,1H3,(H,18,20)/t15-/m0/s1. The van der Waals surface area contributed by atoms with Crippen LogP contribution in [-0.4, -0.2) is 33.3 Å². The minimum Gasteiger partial charge on any atom is -0.485 e. The number of ether oxygens (including phenoxy) is 2. The Kier molecular flexibility index (Phi) is 4.49. The van der Waals surface area contributed by atoms with Crippen LogP contribution < -0.4 is 19.5 Å². The second-order valence-electron chi connectivity index (χ2n) is 5.42. The molecule has 3 rings (SSSR count). The quantitative estimate of drug-likeness (QED) is 0.863.